The van der Waals surface area contributed by atoms with Gasteiger partial charge in [0.1, 0.15) is 18.0 Å². The number of methoxy groups -OCH3 is 1. The topological polar surface area (TPSA) is 140 Å². The quantitative estimate of drug-likeness (QED) is 0.279. The molecular weight excluding hydrogens is 568 g/mol. The number of ether oxygens (including phenoxy) is 4. The number of amides is 2. The Balaban J connectivity index is 1.33. The van der Waals surface area contributed by atoms with Crippen molar-refractivity contribution < 1.29 is 43.2 Å². The van der Waals surface area contributed by atoms with Crippen LogP contribution in [0.15, 0.2) is 82.8 Å². The van der Waals surface area contributed by atoms with E-state index in [4.69, 9.17) is 23.4 Å². The van der Waals surface area contributed by atoms with Crippen molar-refractivity contribution in [3.05, 3.63) is 95.3 Å². The van der Waals surface area contributed by atoms with Crippen LogP contribution in [0.1, 0.15) is 27.6 Å². The van der Waals surface area contributed by atoms with Crippen LogP contribution in [-0.4, -0.2) is 72.2 Å². The van der Waals surface area contributed by atoms with Gasteiger partial charge in [0.25, 0.3) is 5.91 Å². The highest BCUT2D eigenvalue weighted by molar-refractivity contribution is 5.99. The van der Waals surface area contributed by atoms with Gasteiger partial charge < -0.3 is 43.8 Å². The van der Waals surface area contributed by atoms with Crippen LogP contribution in [0.4, 0.5) is 0 Å². The van der Waals surface area contributed by atoms with Crippen LogP contribution in [0, 0.1) is 0 Å². The lowest BCUT2D eigenvalue weighted by Gasteiger charge is -2.40. The number of furan rings is 1. The minimum atomic E-state index is -1.21. The third-order valence-electron chi connectivity index (χ3n) is 8.23. The standard InChI is InChI=1S/C33H30N2O9/c1-40-25-8-4-5-19-14-27(44-30(19)25)33(39)35(16-18-9-10-24-26(13-18)42-17-41-24)22-15-21(32(38)34-11-12-36)28-20-6-2-3-7-23(20)43-31(28)29(22)37/h2-10,13-15,22,28-29,31,36-37H,11-12,16-17H2,1H3,(H,34,38). The van der Waals surface area contributed by atoms with Gasteiger partial charge in [-0.05, 0) is 42.0 Å². The van der Waals surface area contributed by atoms with Crippen LogP contribution in [0.5, 0.6) is 23.0 Å². The molecule has 0 spiro atoms. The zero-order valence-electron chi connectivity index (χ0n) is 23.8. The SMILES string of the molecule is COc1cccc2cc(C(=O)N(Cc3ccc4c(c3)OCO4)C3C=C(C(=O)NCCO)C4c5ccccc5OC4C3O)oc12. The maximum absolute atomic E-state index is 14.4. The first-order valence-electron chi connectivity index (χ1n) is 14.3. The van der Waals surface area contributed by atoms with E-state index in [1.807, 2.05) is 30.3 Å². The van der Waals surface area contributed by atoms with E-state index in [9.17, 15) is 19.8 Å². The molecular formula is C33H30N2O9. The molecule has 0 fully saturated rings. The summed E-state index contributed by atoms with van der Waals surface area (Å²) in [5.41, 5.74) is 2.22. The number of fused-ring (bicyclic) bond motifs is 5. The molecule has 4 aromatic rings. The van der Waals surface area contributed by atoms with Gasteiger partial charge in [-0.3, -0.25) is 9.59 Å². The summed E-state index contributed by atoms with van der Waals surface area (Å²) in [7, 11) is 1.52. The third-order valence-corrected chi connectivity index (χ3v) is 8.23. The molecule has 3 aromatic carbocycles. The Morgan fingerprint density at radius 3 is 2.70 bits per heavy atom. The van der Waals surface area contributed by atoms with E-state index in [1.54, 1.807) is 42.5 Å². The summed E-state index contributed by atoms with van der Waals surface area (Å²) in [6.07, 6.45) is -0.434. The maximum atomic E-state index is 14.4. The number of rotatable bonds is 8. The fourth-order valence-corrected chi connectivity index (χ4v) is 6.18. The molecule has 226 valence electrons. The Kier molecular flexibility index (Phi) is 7.11. The number of carbonyl (C=O) groups excluding carboxylic acids is 2. The number of aliphatic hydroxyl groups is 2. The molecule has 0 radical (unpaired) electrons. The first-order chi connectivity index (χ1) is 21.5. The van der Waals surface area contributed by atoms with E-state index in [1.165, 1.54) is 12.0 Å². The molecule has 1 aliphatic carbocycles. The second-order valence-corrected chi connectivity index (χ2v) is 10.8. The summed E-state index contributed by atoms with van der Waals surface area (Å²) in [5.74, 6) is 0.702. The van der Waals surface area contributed by atoms with Crippen molar-refractivity contribution in [3.8, 4) is 23.0 Å². The van der Waals surface area contributed by atoms with Crippen molar-refractivity contribution in [1.29, 1.82) is 0 Å². The fourth-order valence-electron chi connectivity index (χ4n) is 6.18. The number of hydrogen-bond acceptors (Lipinski definition) is 9. The molecule has 7 rings (SSSR count). The Morgan fingerprint density at radius 2 is 1.86 bits per heavy atom. The van der Waals surface area contributed by atoms with Crippen molar-refractivity contribution in [2.45, 2.75) is 30.7 Å². The number of benzene rings is 3. The number of hydrogen-bond donors (Lipinski definition) is 3. The van der Waals surface area contributed by atoms with Gasteiger partial charge in [-0.1, -0.05) is 36.4 Å². The van der Waals surface area contributed by atoms with Gasteiger partial charge in [0, 0.05) is 29.6 Å². The molecule has 11 heteroatoms. The number of para-hydroxylation sites is 2. The molecule has 44 heavy (non-hydrogen) atoms. The van der Waals surface area contributed by atoms with Crippen molar-refractivity contribution in [1.82, 2.24) is 10.2 Å². The summed E-state index contributed by atoms with van der Waals surface area (Å²) in [5, 5.41) is 24.7. The monoisotopic (exact) mass is 598 g/mol. The number of nitrogens with zero attached hydrogens (tertiary/aromatic N) is 1. The van der Waals surface area contributed by atoms with Gasteiger partial charge in [0.05, 0.1) is 25.7 Å². The fraction of sp³-hybridized carbons (Fsp3) is 0.273. The number of nitrogens with one attached hydrogen (secondary N) is 1. The number of carbonyl (C=O) groups is 2. The lowest BCUT2D eigenvalue weighted by molar-refractivity contribution is -0.118. The highest BCUT2D eigenvalue weighted by Gasteiger charge is 2.50. The third kappa shape index (κ3) is 4.70. The van der Waals surface area contributed by atoms with Gasteiger partial charge in [-0.25, -0.2) is 0 Å². The molecule has 0 bridgehead atoms. The summed E-state index contributed by atoms with van der Waals surface area (Å²) >= 11 is 0. The molecule has 0 saturated carbocycles. The average Bonchev–Trinajstić information content (AvgIpc) is 3.79. The van der Waals surface area contributed by atoms with E-state index in [-0.39, 0.29) is 32.2 Å². The lowest BCUT2D eigenvalue weighted by Crippen LogP contribution is -2.55. The van der Waals surface area contributed by atoms with Crippen molar-refractivity contribution in [2.24, 2.45) is 0 Å². The zero-order chi connectivity index (χ0) is 30.4. The van der Waals surface area contributed by atoms with E-state index < -0.39 is 36.0 Å². The molecule has 1 aromatic heterocycles. The largest absolute Gasteiger partial charge is 0.493 e. The smallest absolute Gasteiger partial charge is 0.290 e. The van der Waals surface area contributed by atoms with Crippen LogP contribution in [-0.2, 0) is 11.3 Å². The summed E-state index contributed by atoms with van der Waals surface area (Å²) in [6, 6.07) is 18.7. The van der Waals surface area contributed by atoms with Crippen molar-refractivity contribution in [2.75, 3.05) is 27.1 Å². The van der Waals surface area contributed by atoms with E-state index >= 15 is 0 Å². The first-order valence-corrected chi connectivity index (χ1v) is 14.3. The predicted molar refractivity (Wildman–Crippen MR) is 157 cm³/mol. The summed E-state index contributed by atoms with van der Waals surface area (Å²) in [6.45, 7) is -0.0577. The molecule has 3 N–H and O–H groups in total. The molecule has 2 amide bonds. The van der Waals surface area contributed by atoms with Gasteiger partial charge in [-0.2, -0.15) is 0 Å². The molecule has 2 aliphatic heterocycles. The summed E-state index contributed by atoms with van der Waals surface area (Å²) in [4.78, 5) is 29.3. The Bertz CT molecular complexity index is 1780. The molecule has 4 atom stereocenters. The number of aliphatic hydroxyl groups excluding tert-OH is 2. The second-order valence-electron chi connectivity index (χ2n) is 10.8. The lowest BCUT2D eigenvalue weighted by atomic mass is 9.77. The average molecular weight is 599 g/mol. The second kappa shape index (κ2) is 11.3. The van der Waals surface area contributed by atoms with E-state index in [0.717, 1.165) is 5.56 Å². The Morgan fingerprint density at radius 1 is 1.02 bits per heavy atom. The van der Waals surface area contributed by atoms with Crippen LogP contribution >= 0.6 is 0 Å². The van der Waals surface area contributed by atoms with Crippen LogP contribution in [0.25, 0.3) is 11.0 Å². The zero-order valence-corrected chi connectivity index (χ0v) is 23.8. The van der Waals surface area contributed by atoms with Gasteiger partial charge in [0.15, 0.2) is 28.6 Å². The minimum absolute atomic E-state index is 0.0369. The first kappa shape index (κ1) is 27.8. The van der Waals surface area contributed by atoms with Crippen LogP contribution < -0.4 is 24.3 Å². The van der Waals surface area contributed by atoms with Crippen LogP contribution in [0.2, 0.25) is 0 Å². The highest BCUT2D eigenvalue weighted by atomic mass is 16.7. The molecule has 3 heterocycles. The van der Waals surface area contributed by atoms with Gasteiger partial charge in [0.2, 0.25) is 12.7 Å². The molecule has 4 unspecified atom stereocenters. The predicted octanol–water partition coefficient (Wildman–Crippen LogP) is 3.14. The minimum Gasteiger partial charge on any atom is -0.493 e. The van der Waals surface area contributed by atoms with Gasteiger partial charge >= 0.3 is 0 Å². The van der Waals surface area contributed by atoms with Crippen molar-refractivity contribution in [3.63, 3.8) is 0 Å². The van der Waals surface area contributed by atoms with E-state index in [2.05, 4.69) is 5.32 Å². The molecule has 0 saturated heterocycles. The highest BCUT2D eigenvalue weighted by Crippen LogP contribution is 2.47. The molecule has 11 nitrogen and oxygen atoms in total. The molecule has 3 aliphatic rings. The van der Waals surface area contributed by atoms with E-state index in [0.29, 0.717) is 45.1 Å². The summed E-state index contributed by atoms with van der Waals surface area (Å²) < 4.78 is 28.7. The normalized spacial score (nSPS) is 21.2. The maximum Gasteiger partial charge on any atom is 0.290 e. The Labute approximate surface area is 252 Å². The van der Waals surface area contributed by atoms with Crippen molar-refractivity contribution >= 4 is 22.8 Å². The van der Waals surface area contributed by atoms with Crippen LogP contribution in [0.3, 0.4) is 0 Å². The van der Waals surface area contributed by atoms with Gasteiger partial charge in [-0.15, -0.1) is 0 Å². The Hall–Kier alpha value is -5.00.